The van der Waals surface area contributed by atoms with Crippen molar-refractivity contribution in [1.82, 2.24) is 15.1 Å². The molecule has 3 amide bonds. The predicted octanol–water partition coefficient (Wildman–Crippen LogP) is 3.12. The van der Waals surface area contributed by atoms with Crippen molar-refractivity contribution in [3.8, 4) is 5.75 Å². The molecule has 1 fully saturated rings. The molecule has 2 aromatic carbocycles. The van der Waals surface area contributed by atoms with Crippen LogP contribution in [0.4, 0.5) is 0 Å². The third kappa shape index (κ3) is 6.42. The third-order valence-electron chi connectivity index (χ3n) is 6.33. The van der Waals surface area contributed by atoms with Crippen molar-refractivity contribution in [2.45, 2.75) is 44.7 Å². The maximum Gasteiger partial charge on any atom is 0.271 e. The van der Waals surface area contributed by atoms with E-state index in [9.17, 15) is 24.6 Å². The highest BCUT2D eigenvalue weighted by Crippen LogP contribution is 2.27. The van der Waals surface area contributed by atoms with Crippen LogP contribution >= 0.6 is 11.8 Å². The number of thioether (sulfide) groups is 1. The van der Waals surface area contributed by atoms with E-state index < -0.39 is 29.9 Å². The smallest absolute Gasteiger partial charge is 0.271 e. The normalized spacial score (nSPS) is 17.7. The first-order valence-corrected chi connectivity index (χ1v) is 13.0. The van der Waals surface area contributed by atoms with Gasteiger partial charge in [-0.15, -0.1) is 18.3 Å². The number of benzene rings is 2. The molecule has 0 radical (unpaired) electrons. The fraction of sp³-hybridized carbons (Fsp3) is 0.321. The number of nitrogens with one attached hydrogen (secondary N) is 1. The zero-order chi connectivity index (χ0) is 27.3. The summed E-state index contributed by atoms with van der Waals surface area (Å²) in [7, 11) is 0. The Hall–Kier alpha value is -3.56. The molecule has 0 aliphatic carbocycles. The van der Waals surface area contributed by atoms with Gasteiger partial charge in [0, 0.05) is 17.7 Å². The van der Waals surface area contributed by atoms with Crippen LogP contribution in [0.25, 0.3) is 0 Å². The number of amides is 3. The molecule has 1 aliphatic rings. The van der Waals surface area contributed by atoms with Gasteiger partial charge in [-0.05, 0) is 50.5 Å². The summed E-state index contributed by atoms with van der Waals surface area (Å²) in [6.45, 7) is 13.0. The Balaban J connectivity index is 1.90. The number of hydrogen-bond acceptors (Lipinski definition) is 6. The van der Waals surface area contributed by atoms with Crippen molar-refractivity contribution in [2.75, 3.05) is 12.4 Å². The molecule has 2 aromatic rings. The number of carbonyl (C=O) groups excluding carboxylic acids is 3. The lowest BCUT2D eigenvalue weighted by atomic mass is 9.98. The Labute approximate surface area is 221 Å². The maximum atomic E-state index is 13.5. The number of phenols is 1. The molecule has 8 nitrogen and oxygen atoms in total. The van der Waals surface area contributed by atoms with Crippen LogP contribution in [-0.4, -0.2) is 67.7 Å². The van der Waals surface area contributed by atoms with Crippen LogP contribution in [-0.2, 0) is 16.0 Å². The standard InChI is InChI=1S/C28H33N3O5S/c1-6-12-30-20(5)37-16-31(19(4)27(30)35)28(36)25(33)23(15-21-10-8-7-9-11-21)29-26(34)22-13-17(2)14-24(32)18(22)3/h6-11,13-14,20,23,25,32-33H,1,4,12,15-16H2,2-3,5H3,(H,29,34)/t20-,23+,25+/m1/s1. The van der Waals surface area contributed by atoms with Crippen molar-refractivity contribution < 1.29 is 24.6 Å². The molecule has 37 heavy (non-hydrogen) atoms. The van der Waals surface area contributed by atoms with Crippen molar-refractivity contribution >= 4 is 29.5 Å². The zero-order valence-electron chi connectivity index (χ0n) is 21.3. The Kier molecular flexibility index (Phi) is 9.18. The quantitative estimate of drug-likeness (QED) is 0.362. The lowest BCUT2D eigenvalue weighted by Gasteiger charge is -2.29. The number of phenolic OH excluding ortho intramolecular Hbond substituents is 1. The molecule has 3 N–H and O–H groups in total. The largest absolute Gasteiger partial charge is 0.508 e. The van der Waals surface area contributed by atoms with Gasteiger partial charge in [-0.3, -0.25) is 19.3 Å². The lowest BCUT2D eigenvalue weighted by Crippen LogP contribution is -2.53. The molecule has 0 spiro atoms. The average molecular weight is 524 g/mol. The monoisotopic (exact) mass is 523 g/mol. The number of hydrogen-bond donors (Lipinski definition) is 3. The van der Waals surface area contributed by atoms with E-state index in [1.807, 2.05) is 37.3 Å². The minimum absolute atomic E-state index is 0.0176. The number of carbonyl (C=O) groups is 3. The number of aliphatic hydroxyl groups excluding tert-OH is 1. The molecule has 196 valence electrons. The minimum Gasteiger partial charge on any atom is -0.508 e. The van der Waals surface area contributed by atoms with Gasteiger partial charge in [0.15, 0.2) is 6.10 Å². The lowest BCUT2D eigenvalue weighted by molar-refractivity contribution is -0.141. The van der Waals surface area contributed by atoms with Gasteiger partial charge in [-0.1, -0.05) is 43.0 Å². The molecule has 1 aliphatic heterocycles. The van der Waals surface area contributed by atoms with E-state index in [1.165, 1.54) is 16.7 Å². The highest BCUT2D eigenvalue weighted by Gasteiger charge is 2.38. The second kappa shape index (κ2) is 12.1. The summed E-state index contributed by atoms with van der Waals surface area (Å²) >= 11 is 1.36. The van der Waals surface area contributed by atoms with E-state index in [0.29, 0.717) is 17.7 Å². The SMILES string of the molecule is C=CCN1C(=O)C(=C)N(C(=O)[C@@H](O)[C@H](Cc2ccccc2)NC(=O)c2cc(C)cc(O)c2C)CS[C@@H]1C. The van der Waals surface area contributed by atoms with Crippen LogP contribution < -0.4 is 5.32 Å². The van der Waals surface area contributed by atoms with Gasteiger partial charge in [-0.25, -0.2) is 0 Å². The van der Waals surface area contributed by atoms with Crippen LogP contribution in [0.5, 0.6) is 5.75 Å². The first-order chi connectivity index (χ1) is 17.5. The molecular formula is C28H33N3O5S. The molecule has 0 unspecified atom stereocenters. The second-order valence-corrected chi connectivity index (χ2v) is 10.3. The van der Waals surface area contributed by atoms with E-state index in [2.05, 4.69) is 18.5 Å². The van der Waals surface area contributed by atoms with Crippen LogP contribution in [0.2, 0.25) is 0 Å². The first kappa shape index (κ1) is 28.0. The summed E-state index contributed by atoms with van der Waals surface area (Å²) in [6.07, 6.45) is 0.108. The van der Waals surface area contributed by atoms with Crippen molar-refractivity contribution in [3.05, 3.63) is 89.6 Å². The van der Waals surface area contributed by atoms with E-state index in [4.69, 9.17) is 0 Å². The first-order valence-electron chi connectivity index (χ1n) is 11.9. The van der Waals surface area contributed by atoms with Crippen LogP contribution in [0.15, 0.2) is 67.4 Å². The number of rotatable bonds is 8. The molecule has 0 saturated carbocycles. The van der Waals surface area contributed by atoms with Gasteiger partial charge >= 0.3 is 0 Å². The van der Waals surface area contributed by atoms with Crippen LogP contribution in [0.1, 0.15) is 34.0 Å². The highest BCUT2D eigenvalue weighted by molar-refractivity contribution is 7.99. The average Bonchev–Trinajstić information content (AvgIpc) is 2.97. The number of aryl methyl sites for hydroxylation is 1. The van der Waals surface area contributed by atoms with Gasteiger partial charge in [0.1, 0.15) is 11.4 Å². The number of aliphatic hydroxyl groups is 1. The third-order valence-corrected chi connectivity index (χ3v) is 7.47. The summed E-state index contributed by atoms with van der Waals surface area (Å²) in [4.78, 5) is 42.5. The molecule has 1 heterocycles. The van der Waals surface area contributed by atoms with Crippen LogP contribution in [0.3, 0.4) is 0 Å². The molecule has 9 heteroatoms. The molecule has 0 bridgehead atoms. The van der Waals surface area contributed by atoms with Crippen molar-refractivity contribution in [3.63, 3.8) is 0 Å². The summed E-state index contributed by atoms with van der Waals surface area (Å²) in [5, 5.41) is 24.0. The minimum atomic E-state index is -1.66. The van der Waals surface area contributed by atoms with Gasteiger partial charge in [0.2, 0.25) is 0 Å². The second-order valence-electron chi connectivity index (χ2n) is 9.03. The topological polar surface area (TPSA) is 110 Å². The van der Waals surface area contributed by atoms with Crippen molar-refractivity contribution in [2.24, 2.45) is 0 Å². The van der Waals surface area contributed by atoms with Gasteiger partial charge < -0.3 is 20.4 Å². The van der Waals surface area contributed by atoms with Crippen LogP contribution in [0, 0.1) is 13.8 Å². The fourth-order valence-corrected chi connectivity index (χ4v) is 5.14. The van der Waals surface area contributed by atoms with E-state index in [-0.39, 0.29) is 34.7 Å². The predicted molar refractivity (Wildman–Crippen MR) is 145 cm³/mol. The Bertz CT molecular complexity index is 1200. The fourth-order valence-electron chi connectivity index (χ4n) is 4.13. The zero-order valence-corrected chi connectivity index (χ0v) is 22.1. The summed E-state index contributed by atoms with van der Waals surface area (Å²) in [5.74, 6) is -1.59. The summed E-state index contributed by atoms with van der Waals surface area (Å²) in [6, 6.07) is 11.3. The Morgan fingerprint density at radius 2 is 1.92 bits per heavy atom. The summed E-state index contributed by atoms with van der Waals surface area (Å²) < 4.78 is 0. The molecule has 0 aromatic heterocycles. The van der Waals surface area contributed by atoms with Gasteiger partial charge in [0.05, 0.1) is 17.3 Å². The number of aromatic hydroxyl groups is 1. The Morgan fingerprint density at radius 3 is 2.57 bits per heavy atom. The highest BCUT2D eigenvalue weighted by atomic mass is 32.2. The molecule has 1 saturated heterocycles. The molecule has 3 atom stereocenters. The number of nitrogens with zero attached hydrogens (tertiary/aromatic N) is 2. The molecular weight excluding hydrogens is 490 g/mol. The maximum absolute atomic E-state index is 13.5. The van der Waals surface area contributed by atoms with E-state index >= 15 is 0 Å². The Morgan fingerprint density at radius 1 is 1.24 bits per heavy atom. The van der Waals surface area contributed by atoms with E-state index in [1.54, 1.807) is 37.0 Å². The van der Waals surface area contributed by atoms with E-state index in [0.717, 1.165) is 5.56 Å². The van der Waals surface area contributed by atoms with Gasteiger partial charge in [0.25, 0.3) is 17.7 Å². The van der Waals surface area contributed by atoms with Gasteiger partial charge in [-0.2, -0.15) is 0 Å². The summed E-state index contributed by atoms with van der Waals surface area (Å²) in [5.41, 5.74) is 2.08. The molecule has 3 rings (SSSR count). The van der Waals surface area contributed by atoms with Crippen molar-refractivity contribution in [1.29, 1.82) is 0 Å².